The summed E-state index contributed by atoms with van der Waals surface area (Å²) in [6, 6.07) is 0. The van der Waals surface area contributed by atoms with Crippen LogP contribution in [0.15, 0.2) is 0 Å². The Balaban J connectivity index is 0. The zero-order valence-corrected chi connectivity index (χ0v) is 50.8. The van der Waals surface area contributed by atoms with Crippen LogP contribution in [0.4, 0.5) is 0 Å². The van der Waals surface area contributed by atoms with E-state index in [4.69, 9.17) is 0 Å². The topological polar surface area (TPSA) is 0 Å². The zero-order valence-electron chi connectivity index (χ0n) is 50.1. The van der Waals surface area contributed by atoms with Crippen molar-refractivity contribution < 1.29 is 16.9 Å². The first kappa shape index (κ1) is 72.3. The molecule has 0 aliphatic carbocycles. The number of halogens is 1. The van der Waals surface area contributed by atoms with Gasteiger partial charge in [-0.25, -0.2) is 0 Å². The molecule has 424 valence electrons. The Labute approximate surface area is 453 Å². The molecule has 0 radical (unpaired) electrons. The van der Waals surface area contributed by atoms with Crippen LogP contribution in [-0.4, -0.2) is 30.7 Å². The first-order valence-corrected chi connectivity index (χ1v) is 34.1. The summed E-state index contributed by atoms with van der Waals surface area (Å²) in [6.45, 7) is 15.3. The van der Waals surface area contributed by atoms with Crippen molar-refractivity contribution in [1.82, 2.24) is 0 Å². The molecule has 0 unspecified atom stereocenters. The summed E-state index contributed by atoms with van der Waals surface area (Å²) in [5.74, 6) is 0. The van der Waals surface area contributed by atoms with Gasteiger partial charge in [-0.2, -0.15) is 0 Å². The third-order valence-corrected chi connectivity index (χ3v) is 16.9. The molecule has 0 aliphatic heterocycles. The van der Waals surface area contributed by atoms with Crippen molar-refractivity contribution in [1.29, 1.82) is 0 Å². The van der Waals surface area contributed by atoms with E-state index in [1.165, 1.54) is 416 Å². The summed E-state index contributed by atoms with van der Waals surface area (Å²) < 4.78 is 1.49. The maximum Gasteiger partial charge on any atom is 0.0786 e. The standard InChI is InChI=1S/C68H140N.ClH/c1-5-9-13-17-21-25-29-33-37-41-45-49-53-57-61-65-69(66-62-58-54-50-46-42-38-34-30-26-22-18-14-10-6-2,67-63-59-55-51-47-43-39-35-31-27-23-19-15-11-7-3)68-64-60-56-52-48-44-40-36-32-28-24-20-16-12-8-4;/h5-68H2,1-4H3;1H/q+1;/p-1. The Morgan fingerprint density at radius 2 is 0.214 bits per heavy atom. The van der Waals surface area contributed by atoms with E-state index in [-0.39, 0.29) is 12.4 Å². The number of quaternary nitrogens is 1. The summed E-state index contributed by atoms with van der Waals surface area (Å²) in [4.78, 5) is 0. The van der Waals surface area contributed by atoms with E-state index in [0.717, 1.165) is 0 Å². The van der Waals surface area contributed by atoms with Gasteiger partial charge in [-0.1, -0.05) is 362 Å². The van der Waals surface area contributed by atoms with E-state index in [2.05, 4.69) is 27.7 Å². The van der Waals surface area contributed by atoms with E-state index in [0.29, 0.717) is 0 Å². The molecule has 0 amide bonds. The van der Waals surface area contributed by atoms with Crippen LogP contribution < -0.4 is 12.4 Å². The fraction of sp³-hybridized carbons (Fsp3) is 1.00. The summed E-state index contributed by atoms with van der Waals surface area (Å²) >= 11 is 0. The lowest BCUT2D eigenvalue weighted by atomic mass is 10.0. The molecule has 2 heteroatoms. The van der Waals surface area contributed by atoms with Crippen molar-refractivity contribution in [3.05, 3.63) is 0 Å². The van der Waals surface area contributed by atoms with Gasteiger partial charge in [0.15, 0.2) is 0 Å². The van der Waals surface area contributed by atoms with Crippen molar-refractivity contribution in [2.24, 2.45) is 0 Å². The Bertz CT molecular complexity index is 730. The van der Waals surface area contributed by atoms with Gasteiger partial charge < -0.3 is 16.9 Å². The van der Waals surface area contributed by atoms with Gasteiger partial charge in [-0.15, -0.1) is 0 Å². The number of hydrogen-bond donors (Lipinski definition) is 0. The smallest absolute Gasteiger partial charge is 0.0786 e. The van der Waals surface area contributed by atoms with Crippen LogP contribution in [0.2, 0.25) is 0 Å². The minimum atomic E-state index is 0. The molecule has 0 spiro atoms. The van der Waals surface area contributed by atoms with Crippen LogP contribution >= 0.6 is 0 Å². The van der Waals surface area contributed by atoms with Crippen LogP contribution in [0.1, 0.15) is 413 Å². The Morgan fingerprint density at radius 1 is 0.129 bits per heavy atom. The minimum absolute atomic E-state index is 0. The molecule has 0 aromatic rings. The van der Waals surface area contributed by atoms with Gasteiger partial charge >= 0.3 is 0 Å². The van der Waals surface area contributed by atoms with E-state index in [9.17, 15) is 0 Å². The van der Waals surface area contributed by atoms with E-state index >= 15 is 0 Å². The van der Waals surface area contributed by atoms with Crippen molar-refractivity contribution in [2.45, 2.75) is 413 Å². The molecule has 0 aromatic carbocycles. The molecular weight excluding hydrogens is 866 g/mol. The zero-order chi connectivity index (χ0) is 49.8. The minimum Gasteiger partial charge on any atom is -1.00 e. The average molecular weight is 1010 g/mol. The van der Waals surface area contributed by atoms with Gasteiger partial charge in [0.2, 0.25) is 0 Å². The molecule has 0 N–H and O–H groups in total. The number of rotatable bonds is 64. The quantitative estimate of drug-likeness (QED) is 0.0421. The van der Waals surface area contributed by atoms with Gasteiger partial charge in [-0.05, 0) is 51.4 Å². The van der Waals surface area contributed by atoms with Crippen LogP contribution in [0.3, 0.4) is 0 Å². The van der Waals surface area contributed by atoms with E-state index in [1.807, 2.05) is 0 Å². The van der Waals surface area contributed by atoms with Crippen LogP contribution in [0.5, 0.6) is 0 Å². The third kappa shape index (κ3) is 59.1. The monoisotopic (exact) mass is 1010 g/mol. The summed E-state index contributed by atoms with van der Waals surface area (Å²) in [5, 5.41) is 0. The van der Waals surface area contributed by atoms with Crippen LogP contribution in [0.25, 0.3) is 0 Å². The third-order valence-electron chi connectivity index (χ3n) is 16.9. The number of unbranched alkanes of at least 4 members (excludes halogenated alkanes) is 56. The maximum atomic E-state index is 2.33. The lowest BCUT2D eigenvalue weighted by molar-refractivity contribution is -0.929. The molecule has 0 atom stereocenters. The van der Waals surface area contributed by atoms with Crippen molar-refractivity contribution in [2.75, 3.05) is 26.2 Å². The summed E-state index contributed by atoms with van der Waals surface area (Å²) in [5.41, 5.74) is 0. The van der Waals surface area contributed by atoms with Crippen molar-refractivity contribution >= 4 is 0 Å². The Hall–Kier alpha value is 0.250. The fourth-order valence-electron chi connectivity index (χ4n) is 11.9. The highest BCUT2D eigenvalue weighted by atomic mass is 35.5. The largest absolute Gasteiger partial charge is 1.00 e. The predicted molar refractivity (Wildman–Crippen MR) is 319 cm³/mol. The molecule has 0 fully saturated rings. The highest BCUT2D eigenvalue weighted by Crippen LogP contribution is 2.23. The molecule has 1 nitrogen and oxygen atoms in total. The molecule has 0 heterocycles. The van der Waals surface area contributed by atoms with Gasteiger partial charge in [-0.3, -0.25) is 0 Å². The van der Waals surface area contributed by atoms with Crippen LogP contribution in [-0.2, 0) is 0 Å². The molecule has 0 saturated carbocycles. The lowest BCUT2D eigenvalue weighted by Crippen LogP contribution is -3.00. The van der Waals surface area contributed by atoms with Gasteiger partial charge in [0.1, 0.15) is 0 Å². The highest BCUT2D eigenvalue weighted by molar-refractivity contribution is 4.58. The van der Waals surface area contributed by atoms with E-state index < -0.39 is 0 Å². The average Bonchev–Trinajstić information content (AvgIpc) is 3.36. The maximum absolute atomic E-state index is 2.33. The molecule has 0 saturated heterocycles. The summed E-state index contributed by atoms with van der Waals surface area (Å²) in [7, 11) is 0. The predicted octanol–water partition coefficient (Wildman–Crippen LogP) is 22.3. The normalized spacial score (nSPS) is 11.8. The van der Waals surface area contributed by atoms with Crippen molar-refractivity contribution in [3.8, 4) is 0 Å². The lowest BCUT2D eigenvalue weighted by Gasteiger charge is -2.40. The van der Waals surface area contributed by atoms with Gasteiger partial charge in [0.25, 0.3) is 0 Å². The fourth-order valence-corrected chi connectivity index (χ4v) is 11.9. The molecule has 0 rings (SSSR count). The van der Waals surface area contributed by atoms with E-state index in [1.54, 1.807) is 0 Å². The molecule has 0 bridgehead atoms. The molecule has 0 aromatic heterocycles. The number of nitrogens with zero attached hydrogens (tertiary/aromatic N) is 1. The first-order valence-electron chi connectivity index (χ1n) is 34.1. The van der Waals surface area contributed by atoms with Crippen molar-refractivity contribution in [3.63, 3.8) is 0 Å². The number of hydrogen-bond acceptors (Lipinski definition) is 0. The summed E-state index contributed by atoms with van der Waals surface area (Å²) in [6.07, 6.45) is 88.7. The van der Waals surface area contributed by atoms with Gasteiger partial charge in [0, 0.05) is 0 Å². The first-order chi connectivity index (χ1) is 34.2. The van der Waals surface area contributed by atoms with Gasteiger partial charge in [0.05, 0.1) is 26.2 Å². The molecular formula is C68H140ClN. The highest BCUT2D eigenvalue weighted by Gasteiger charge is 2.26. The van der Waals surface area contributed by atoms with Crippen LogP contribution in [0, 0.1) is 0 Å². The second kappa shape index (κ2) is 65.4. The second-order valence-corrected chi connectivity index (χ2v) is 24.0. The Morgan fingerprint density at radius 3 is 0.314 bits per heavy atom. The Kier molecular flexibility index (Phi) is 67.5. The molecule has 70 heavy (non-hydrogen) atoms. The SMILES string of the molecule is CCCCCCCCCCCCCCCCC[N+](CCCCCCCCCCCCCCCCC)(CCCCCCCCCCCCCCCCC)CCCCCCCCCCCCCCCCC.[Cl-]. The molecule has 0 aliphatic rings. The second-order valence-electron chi connectivity index (χ2n) is 24.0.